The molecule has 17 heavy (non-hydrogen) atoms. The summed E-state index contributed by atoms with van der Waals surface area (Å²) in [5.74, 6) is 0.451. The van der Waals surface area contributed by atoms with E-state index in [4.69, 9.17) is 11.5 Å². The summed E-state index contributed by atoms with van der Waals surface area (Å²) in [6.45, 7) is 0.583. The Labute approximate surface area is 96.8 Å². The van der Waals surface area contributed by atoms with Crippen LogP contribution in [0.1, 0.15) is 12.8 Å². The molecule has 2 rings (SSSR count). The lowest BCUT2D eigenvalue weighted by Crippen LogP contribution is -2.13. The van der Waals surface area contributed by atoms with Crippen molar-refractivity contribution in [2.75, 3.05) is 17.6 Å². The summed E-state index contributed by atoms with van der Waals surface area (Å²) >= 11 is 0. The smallest absolute Gasteiger partial charge is 0.224 e. The fourth-order valence-corrected chi connectivity index (χ4v) is 1.46. The van der Waals surface area contributed by atoms with Gasteiger partial charge in [-0.1, -0.05) is 0 Å². The highest BCUT2D eigenvalue weighted by Gasteiger charge is 2.07. The molecule has 2 aromatic heterocycles. The van der Waals surface area contributed by atoms with Gasteiger partial charge in [-0.2, -0.15) is 15.1 Å². The van der Waals surface area contributed by atoms with Crippen molar-refractivity contribution in [3.8, 4) is 0 Å². The van der Waals surface area contributed by atoms with Gasteiger partial charge < -0.3 is 16.8 Å². The van der Waals surface area contributed by atoms with E-state index in [0.717, 1.165) is 5.39 Å². The number of rotatable bonds is 5. The standard InChI is InChI=1S/C9H13N7O/c10-6(17)2-1-3-12-7-5-4-13-16-8(5)15-9(11)14-7/h4H,1-3H2,(H2,10,17)(H4,11,12,13,14,15,16). The van der Waals surface area contributed by atoms with Crippen molar-refractivity contribution >= 4 is 28.7 Å². The minimum absolute atomic E-state index is 0.166. The summed E-state index contributed by atoms with van der Waals surface area (Å²) < 4.78 is 0. The van der Waals surface area contributed by atoms with E-state index in [9.17, 15) is 4.79 Å². The van der Waals surface area contributed by atoms with E-state index in [1.54, 1.807) is 6.20 Å². The van der Waals surface area contributed by atoms with Crippen molar-refractivity contribution in [2.45, 2.75) is 12.8 Å². The first-order valence-corrected chi connectivity index (χ1v) is 5.15. The number of anilines is 2. The first-order chi connectivity index (χ1) is 8.16. The molecule has 2 aromatic rings. The molecule has 1 amide bonds. The molecule has 0 bridgehead atoms. The molecule has 0 radical (unpaired) electrons. The van der Waals surface area contributed by atoms with Crippen LogP contribution < -0.4 is 16.8 Å². The molecular formula is C9H13N7O. The highest BCUT2D eigenvalue weighted by Crippen LogP contribution is 2.18. The van der Waals surface area contributed by atoms with Crippen LogP contribution in [0.3, 0.4) is 0 Å². The van der Waals surface area contributed by atoms with Crippen molar-refractivity contribution in [2.24, 2.45) is 5.73 Å². The minimum Gasteiger partial charge on any atom is -0.370 e. The first kappa shape index (κ1) is 11.1. The zero-order valence-electron chi connectivity index (χ0n) is 9.10. The maximum absolute atomic E-state index is 10.6. The lowest BCUT2D eigenvalue weighted by atomic mass is 10.3. The zero-order chi connectivity index (χ0) is 12.3. The number of aromatic amines is 1. The summed E-state index contributed by atoms with van der Waals surface area (Å²) in [6.07, 6.45) is 2.59. The predicted molar refractivity (Wildman–Crippen MR) is 63.0 cm³/mol. The second-order valence-corrected chi connectivity index (χ2v) is 3.56. The number of nitrogens with zero attached hydrogens (tertiary/aromatic N) is 3. The number of fused-ring (bicyclic) bond motifs is 1. The van der Waals surface area contributed by atoms with Crippen LogP contribution in [0.4, 0.5) is 11.8 Å². The van der Waals surface area contributed by atoms with Gasteiger partial charge in [0.15, 0.2) is 5.65 Å². The third-order valence-corrected chi connectivity index (χ3v) is 2.22. The quantitative estimate of drug-likeness (QED) is 0.521. The lowest BCUT2D eigenvalue weighted by Gasteiger charge is -2.05. The normalized spacial score (nSPS) is 10.6. The summed E-state index contributed by atoms with van der Waals surface area (Å²) in [5, 5.41) is 10.4. The fraction of sp³-hybridized carbons (Fsp3) is 0.333. The Morgan fingerprint density at radius 2 is 2.29 bits per heavy atom. The van der Waals surface area contributed by atoms with Crippen molar-refractivity contribution in [3.05, 3.63) is 6.20 Å². The van der Waals surface area contributed by atoms with Crippen molar-refractivity contribution in [3.63, 3.8) is 0 Å². The van der Waals surface area contributed by atoms with E-state index < -0.39 is 0 Å². The van der Waals surface area contributed by atoms with Gasteiger partial charge in [0, 0.05) is 13.0 Å². The summed E-state index contributed by atoms with van der Waals surface area (Å²) in [7, 11) is 0. The number of carbonyl (C=O) groups is 1. The van der Waals surface area contributed by atoms with E-state index >= 15 is 0 Å². The molecule has 0 saturated heterocycles. The molecule has 0 fully saturated rings. The molecule has 90 valence electrons. The molecule has 0 spiro atoms. The number of H-pyrrole nitrogens is 1. The number of amides is 1. The average Bonchev–Trinajstić information content (AvgIpc) is 2.71. The highest BCUT2D eigenvalue weighted by atomic mass is 16.1. The van der Waals surface area contributed by atoms with Gasteiger partial charge in [0.05, 0.1) is 11.6 Å². The molecule has 0 aliphatic heterocycles. The van der Waals surface area contributed by atoms with Crippen LogP contribution in [-0.2, 0) is 4.79 Å². The van der Waals surface area contributed by atoms with Gasteiger partial charge in [-0.05, 0) is 6.42 Å². The van der Waals surface area contributed by atoms with Crippen molar-refractivity contribution in [1.29, 1.82) is 0 Å². The second-order valence-electron chi connectivity index (χ2n) is 3.56. The van der Waals surface area contributed by atoms with Gasteiger partial charge in [-0.25, -0.2) is 0 Å². The van der Waals surface area contributed by atoms with Crippen LogP contribution in [-0.4, -0.2) is 32.6 Å². The Morgan fingerprint density at radius 3 is 3.06 bits per heavy atom. The van der Waals surface area contributed by atoms with Gasteiger partial charge in [0.2, 0.25) is 11.9 Å². The summed E-state index contributed by atoms with van der Waals surface area (Å²) in [6, 6.07) is 0. The van der Waals surface area contributed by atoms with Gasteiger partial charge in [0.25, 0.3) is 0 Å². The second kappa shape index (κ2) is 4.64. The first-order valence-electron chi connectivity index (χ1n) is 5.15. The van der Waals surface area contributed by atoms with Crippen molar-refractivity contribution < 1.29 is 4.79 Å². The van der Waals surface area contributed by atoms with E-state index in [2.05, 4.69) is 25.5 Å². The van der Waals surface area contributed by atoms with Crippen LogP contribution in [0, 0.1) is 0 Å². The van der Waals surface area contributed by atoms with Gasteiger partial charge in [-0.15, -0.1) is 0 Å². The molecule has 0 unspecified atom stereocenters. The van der Waals surface area contributed by atoms with Crippen LogP contribution in [0.15, 0.2) is 6.20 Å². The summed E-state index contributed by atoms with van der Waals surface area (Å²) in [5.41, 5.74) is 11.2. The predicted octanol–water partition coefficient (Wildman–Crippen LogP) is -0.388. The Hall–Kier alpha value is -2.38. The Kier molecular flexibility index (Phi) is 3.03. The maximum atomic E-state index is 10.6. The third-order valence-electron chi connectivity index (χ3n) is 2.22. The number of carbonyl (C=O) groups excluding carboxylic acids is 1. The Bertz CT molecular complexity index is 535. The SMILES string of the molecule is NC(=O)CCCNc1nc(N)nc2[nH]ncc12. The molecule has 8 nitrogen and oxygen atoms in total. The molecule has 0 aliphatic rings. The van der Waals surface area contributed by atoms with Gasteiger partial charge in [0.1, 0.15) is 5.82 Å². The monoisotopic (exact) mass is 235 g/mol. The van der Waals surface area contributed by atoms with E-state index in [1.807, 2.05) is 0 Å². The molecule has 8 heteroatoms. The Balaban J connectivity index is 2.07. The molecule has 0 aliphatic carbocycles. The van der Waals surface area contributed by atoms with E-state index in [-0.39, 0.29) is 11.9 Å². The average molecular weight is 235 g/mol. The third kappa shape index (κ3) is 2.60. The van der Waals surface area contributed by atoms with Crippen LogP contribution in [0.25, 0.3) is 11.0 Å². The topological polar surface area (TPSA) is 136 Å². The van der Waals surface area contributed by atoms with Gasteiger partial charge >= 0.3 is 0 Å². The number of nitrogens with two attached hydrogens (primary N) is 2. The van der Waals surface area contributed by atoms with Crippen LogP contribution >= 0.6 is 0 Å². The van der Waals surface area contributed by atoms with Gasteiger partial charge in [-0.3, -0.25) is 9.89 Å². The van der Waals surface area contributed by atoms with E-state index in [0.29, 0.717) is 30.9 Å². The highest BCUT2D eigenvalue weighted by molar-refractivity contribution is 5.86. The van der Waals surface area contributed by atoms with Crippen molar-refractivity contribution in [1.82, 2.24) is 20.2 Å². The lowest BCUT2D eigenvalue weighted by molar-refractivity contribution is -0.118. The molecule has 2 heterocycles. The maximum Gasteiger partial charge on any atom is 0.224 e. The molecular weight excluding hydrogens is 222 g/mol. The van der Waals surface area contributed by atoms with Crippen LogP contribution in [0.2, 0.25) is 0 Å². The largest absolute Gasteiger partial charge is 0.370 e. The number of nitrogen functional groups attached to an aromatic ring is 1. The molecule has 0 saturated carbocycles. The zero-order valence-corrected chi connectivity index (χ0v) is 9.10. The van der Waals surface area contributed by atoms with Crippen LogP contribution in [0.5, 0.6) is 0 Å². The minimum atomic E-state index is -0.317. The summed E-state index contributed by atoms with van der Waals surface area (Å²) in [4.78, 5) is 18.6. The number of hydrogen-bond donors (Lipinski definition) is 4. The Morgan fingerprint density at radius 1 is 1.47 bits per heavy atom. The van der Waals surface area contributed by atoms with E-state index in [1.165, 1.54) is 0 Å². The fourth-order valence-electron chi connectivity index (χ4n) is 1.46. The number of hydrogen-bond acceptors (Lipinski definition) is 6. The number of primary amides is 1. The molecule has 6 N–H and O–H groups in total. The molecule has 0 aromatic carbocycles. The number of nitrogens with one attached hydrogen (secondary N) is 2. The molecule has 0 atom stereocenters. The number of aromatic nitrogens is 4.